The van der Waals surface area contributed by atoms with E-state index in [1.54, 1.807) is 0 Å². The predicted molar refractivity (Wildman–Crippen MR) is 88.5 cm³/mol. The fourth-order valence-electron chi connectivity index (χ4n) is 2.84. The average molecular weight is 276 g/mol. The van der Waals surface area contributed by atoms with Gasteiger partial charge in [-0.25, -0.2) is 0 Å². The lowest BCUT2D eigenvalue weighted by molar-refractivity contribution is 0.441. The van der Waals surface area contributed by atoms with Gasteiger partial charge in [0, 0.05) is 0 Å². The van der Waals surface area contributed by atoms with Crippen LogP contribution in [0.1, 0.15) is 76.0 Å². The molecule has 1 N–H and O–H groups in total. The van der Waals surface area contributed by atoms with E-state index in [1.165, 1.54) is 37.7 Å². The Balaban J connectivity index is 2.78. The molecule has 1 unspecified atom stereocenters. The fraction of sp³-hybridized carbons (Fsp3) is 0.684. The molecule has 1 heteroatoms. The zero-order valence-electron chi connectivity index (χ0n) is 13.8. The van der Waals surface area contributed by atoms with E-state index in [9.17, 15) is 5.11 Å². The minimum Gasteiger partial charge on any atom is -0.507 e. The first-order valence-corrected chi connectivity index (χ1v) is 8.44. The van der Waals surface area contributed by atoms with E-state index in [2.05, 4.69) is 39.8 Å². The van der Waals surface area contributed by atoms with Crippen LogP contribution in [0.25, 0.3) is 0 Å². The highest BCUT2D eigenvalue weighted by molar-refractivity contribution is 5.45. The van der Waals surface area contributed by atoms with E-state index in [0.717, 1.165) is 36.3 Å². The molecule has 0 fully saturated rings. The topological polar surface area (TPSA) is 20.2 Å². The second kappa shape index (κ2) is 9.05. The molecule has 0 amide bonds. The molecular formula is C19H32O. The highest BCUT2D eigenvalue weighted by Gasteiger charge is 2.13. The van der Waals surface area contributed by atoms with E-state index >= 15 is 0 Å². The maximum Gasteiger partial charge on any atom is 0.121 e. The summed E-state index contributed by atoms with van der Waals surface area (Å²) < 4.78 is 0. The molecule has 0 aromatic heterocycles. The van der Waals surface area contributed by atoms with Crippen molar-refractivity contribution in [1.82, 2.24) is 0 Å². The molecule has 20 heavy (non-hydrogen) atoms. The van der Waals surface area contributed by atoms with Gasteiger partial charge in [-0.15, -0.1) is 0 Å². The van der Waals surface area contributed by atoms with Gasteiger partial charge < -0.3 is 5.11 Å². The summed E-state index contributed by atoms with van der Waals surface area (Å²) in [6.07, 6.45) is 9.58. The fourth-order valence-corrected chi connectivity index (χ4v) is 2.84. The van der Waals surface area contributed by atoms with Crippen LogP contribution in [0.15, 0.2) is 12.1 Å². The number of hydrogen-bond acceptors (Lipinski definition) is 1. The smallest absolute Gasteiger partial charge is 0.121 e. The largest absolute Gasteiger partial charge is 0.507 e. The van der Waals surface area contributed by atoms with Gasteiger partial charge in [0.25, 0.3) is 0 Å². The second-order valence-corrected chi connectivity index (χ2v) is 6.08. The van der Waals surface area contributed by atoms with Gasteiger partial charge in [0.05, 0.1) is 0 Å². The van der Waals surface area contributed by atoms with Crippen molar-refractivity contribution in [2.24, 2.45) is 5.92 Å². The van der Waals surface area contributed by atoms with Gasteiger partial charge >= 0.3 is 0 Å². The van der Waals surface area contributed by atoms with E-state index in [4.69, 9.17) is 0 Å². The normalized spacial score (nSPS) is 12.6. The molecule has 1 aromatic rings. The monoisotopic (exact) mass is 276 g/mol. The summed E-state index contributed by atoms with van der Waals surface area (Å²) in [5.41, 5.74) is 3.56. The van der Waals surface area contributed by atoms with Crippen LogP contribution < -0.4 is 0 Å². The molecule has 1 rings (SSSR count). The third kappa shape index (κ3) is 4.85. The number of rotatable bonds is 9. The number of hydrogen-bond donors (Lipinski definition) is 1. The summed E-state index contributed by atoms with van der Waals surface area (Å²) in [7, 11) is 0. The van der Waals surface area contributed by atoms with Crippen LogP contribution in [0.4, 0.5) is 0 Å². The van der Waals surface area contributed by atoms with Crippen molar-refractivity contribution >= 4 is 0 Å². The van der Waals surface area contributed by atoms with Crippen molar-refractivity contribution in [3.63, 3.8) is 0 Å². The van der Waals surface area contributed by atoms with Crippen LogP contribution >= 0.6 is 0 Å². The van der Waals surface area contributed by atoms with Crippen LogP contribution in [0.5, 0.6) is 5.75 Å². The molecule has 0 bridgehead atoms. The molecule has 0 aliphatic rings. The van der Waals surface area contributed by atoms with Gasteiger partial charge in [0.1, 0.15) is 5.75 Å². The van der Waals surface area contributed by atoms with Gasteiger partial charge in [-0.05, 0) is 48.8 Å². The lowest BCUT2D eigenvalue weighted by Crippen LogP contribution is -2.05. The Morgan fingerprint density at radius 1 is 1.00 bits per heavy atom. The van der Waals surface area contributed by atoms with Crippen molar-refractivity contribution in [1.29, 1.82) is 0 Å². The maximum absolute atomic E-state index is 10.4. The molecule has 114 valence electrons. The third-order valence-electron chi connectivity index (χ3n) is 4.48. The van der Waals surface area contributed by atoms with Gasteiger partial charge in [-0.3, -0.25) is 0 Å². The zero-order valence-corrected chi connectivity index (χ0v) is 13.8. The molecule has 0 radical (unpaired) electrons. The zero-order chi connectivity index (χ0) is 15.0. The molecule has 0 aliphatic heterocycles. The quantitative estimate of drug-likeness (QED) is 0.604. The van der Waals surface area contributed by atoms with Crippen LogP contribution in [0.3, 0.4) is 0 Å². The highest BCUT2D eigenvalue weighted by atomic mass is 16.3. The number of phenolic OH excluding ortho intramolecular Hbond substituents is 1. The average Bonchev–Trinajstić information content (AvgIpc) is 2.47. The first kappa shape index (κ1) is 17.1. The molecule has 0 saturated carbocycles. The van der Waals surface area contributed by atoms with Crippen LogP contribution in [0.2, 0.25) is 0 Å². The maximum atomic E-state index is 10.4. The van der Waals surface area contributed by atoms with Gasteiger partial charge in [0.15, 0.2) is 0 Å². The van der Waals surface area contributed by atoms with Gasteiger partial charge in [0.2, 0.25) is 0 Å². The summed E-state index contributed by atoms with van der Waals surface area (Å²) in [4.78, 5) is 0. The van der Waals surface area contributed by atoms with Gasteiger partial charge in [-0.1, -0.05) is 65.0 Å². The minimum atomic E-state index is 0.543. The molecule has 0 spiro atoms. The first-order chi connectivity index (χ1) is 9.63. The van der Waals surface area contributed by atoms with Crippen molar-refractivity contribution in [3.8, 4) is 5.75 Å². The van der Waals surface area contributed by atoms with Crippen molar-refractivity contribution in [3.05, 3.63) is 28.8 Å². The SMILES string of the molecule is CCCCc1ccc(CC(CC)CCCC)c(C)c1O. The van der Waals surface area contributed by atoms with Gasteiger partial charge in [-0.2, -0.15) is 0 Å². The summed E-state index contributed by atoms with van der Waals surface area (Å²) in [5, 5.41) is 10.4. The van der Waals surface area contributed by atoms with E-state index in [0.29, 0.717) is 5.75 Å². The van der Waals surface area contributed by atoms with E-state index < -0.39 is 0 Å². The lowest BCUT2D eigenvalue weighted by Gasteiger charge is -2.18. The van der Waals surface area contributed by atoms with Crippen molar-refractivity contribution in [2.75, 3.05) is 0 Å². The minimum absolute atomic E-state index is 0.543. The van der Waals surface area contributed by atoms with Crippen molar-refractivity contribution in [2.45, 2.75) is 79.1 Å². The molecule has 1 nitrogen and oxygen atoms in total. The molecule has 1 atom stereocenters. The summed E-state index contributed by atoms with van der Waals surface area (Å²) in [6, 6.07) is 4.38. The molecule has 0 aliphatic carbocycles. The Kier molecular flexibility index (Phi) is 7.72. The van der Waals surface area contributed by atoms with Crippen LogP contribution in [-0.2, 0) is 12.8 Å². The number of aryl methyl sites for hydroxylation is 1. The molecule has 0 saturated heterocycles. The molecule has 0 heterocycles. The Hall–Kier alpha value is -0.980. The Labute approximate surface area is 125 Å². The predicted octanol–water partition coefficient (Wildman–Crippen LogP) is 5.80. The first-order valence-electron chi connectivity index (χ1n) is 8.44. The standard InChI is InChI=1S/C19H32O/c1-5-8-10-16(7-3)14-18-13-12-17(11-9-6-2)19(20)15(18)4/h12-13,16,20H,5-11,14H2,1-4H3. The van der Waals surface area contributed by atoms with Crippen molar-refractivity contribution < 1.29 is 5.11 Å². The van der Waals surface area contributed by atoms with E-state index in [-0.39, 0.29) is 0 Å². The summed E-state index contributed by atoms with van der Waals surface area (Å²) in [5.74, 6) is 1.30. The van der Waals surface area contributed by atoms with E-state index in [1.807, 2.05) is 0 Å². The molecule has 1 aromatic carbocycles. The summed E-state index contributed by atoms with van der Waals surface area (Å²) >= 11 is 0. The number of aromatic hydroxyl groups is 1. The van der Waals surface area contributed by atoms with Crippen LogP contribution in [0, 0.1) is 12.8 Å². The number of benzene rings is 1. The Morgan fingerprint density at radius 2 is 1.65 bits per heavy atom. The molecular weight excluding hydrogens is 244 g/mol. The highest BCUT2D eigenvalue weighted by Crippen LogP contribution is 2.29. The Morgan fingerprint density at radius 3 is 2.25 bits per heavy atom. The van der Waals surface area contributed by atoms with Crippen LogP contribution in [-0.4, -0.2) is 5.11 Å². The number of unbranched alkanes of at least 4 members (excludes halogenated alkanes) is 2. The third-order valence-corrected chi connectivity index (χ3v) is 4.48. The lowest BCUT2D eigenvalue weighted by atomic mass is 9.89. The summed E-state index contributed by atoms with van der Waals surface area (Å²) in [6.45, 7) is 8.81. The number of phenols is 1. The second-order valence-electron chi connectivity index (χ2n) is 6.08. The Bertz CT molecular complexity index is 395.